The Balaban J connectivity index is 1.80. The molecule has 0 aliphatic carbocycles. The molecule has 6 heteroatoms. The molecule has 1 aliphatic rings. The molecule has 1 atom stereocenters. The van der Waals surface area contributed by atoms with Crippen LogP contribution in [-0.4, -0.2) is 42.2 Å². The highest BCUT2D eigenvalue weighted by Gasteiger charge is 2.15. The van der Waals surface area contributed by atoms with E-state index in [-0.39, 0.29) is 6.03 Å². The van der Waals surface area contributed by atoms with Crippen molar-refractivity contribution in [1.82, 2.24) is 5.32 Å². The average Bonchev–Trinajstić information content (AvgIpc) is 2.47. The molecule has 1 heterocycles. The van der Waals surface area contributed by atoms with Crippen molar-refractivity contribution < 1.29 is 9.53 Å². The zero-order valence-corrected chi connectivity index (χ0v) is 12.5. The van der Waals surface area contributed by atoms with E-state index in [2.05, 4.69) is 10.6 Å². The Kier molecular flexibility index (Phi) is 5.72. The van der Waals surface area contributed by atoms with Crippen LogP contribution in [0.25, 0.3) is 0 Å². The number of thioether (sulfide) groups is 2. The van der Waals surface area contributed by atoms with Crippen molar-refractivity contribution in [1.29, 1.82) is 0 Å². The van der Waals surface area contributed by atoms with Gasteiger partial charge in [0, 0.05) is 29.1 Å². The maximum Gasteiger partial charge on any atom is 0.319 e. The fourth-order valence-corrected chi connectivity index (χ4v) is 4.39. The SMILES string of the molecule is COc1ccccc1NC(=O)NC[C@H]1CSCCS1. The predicted octanol–water partition coefficient (Wildman–Crippen LogP) is 2.67. The Morgan fingerprint density at radius 2 is 2.26 bits per heavy atom. The Bertz CT molecular complexity index is 423. The van der Waals surface area contributed by atoms with E-state index in [1.165, 1.54) is 11.5 Å². The summed E-state index contributed by atoms with van der Waals surface area (Å²) in [4.78, 5) is 11.8. The lowest BCUT2D eigenvalue weighted by molar-refractivity contribution is 0.252. The van der Waals surface area contributed by atoms with Gasteiger partial charge in [-0.2, -0.15) is 23.5 Å². The van der Waals surface area contributed by atoms with Crippen LogP contribution >= 0.6 is 23.5 Å². The molecule has 1 aromatic rings. The van der Waals surface area contributed by atoms with E-state index in [1.54, 1.807) is 7.11 Å². The first-order chi connectivity index (χ1) is 9.29. The summed E-state index contributed by atoms with van der Waals surface area (Å²) in [6, 6.07) is 7.21. The number of ether oxygens (including phenoxy) is 1. The van der Waals surface area contributed by atoms with Gasteiger partial charge in [-0.05, 0) is 12.1 Å². The number of rotatable bonds is 4. The molecule has 0 aromatic heterocycles. The predicted molar refractivity (Wildman–Crippen MR) is 83.6 cm³/mol. The number of hydrogen-bond donors (Lipinski definition) is 2. The number of anilines is 1. The van der Waals surface area contributed by atoms with Gasteiger partial charge in [-0.15, -0.1) is 0 Å². The third-order valence-electron chi connectivity index (χ3n) is 2.73. The van der Waals surface area contributed by atoms with Gasteiger partial charge >= 0.3 is 6.03 Å². The van der Waals surface area contributed by atoms with Gasteiger partial charge < -0.3 is 15.4 Å². The molecule has 0 unspecified atom stereocenters. The summed E-state index contributed by atoms with van der Waals surface area (Å²) in [6.45, 7) is 0.707. The van der Waals surface area contributed by atoms with E-state index in [4.69, 9.17) is 4.74 Å². The zero-order valence-electron chi connectivity index (χ0n) is 10.8. The quantitative estimate of drug-likeness (QED) is 0.897. The summed E-state index contributed by atoms with van der Waals surface area (Å²) < 4.78 is 5.19. The van der Waals surface area contributed by atoms with E-state index >= 15 is 0 Å². The fourth-order valence-electron chi connectivity index (χ4n) is 1.78. The molecule has 1 fully saturated rings. The highest BCUT2D eigenvalue weighted by molar-refractivity contribution is 8.06. The number of amides is 2. The minimum atomic E-state index is -0.180. The van der Waals surface area contributed by atoms with Crippen LogP contribution < -0.4 is 15.4 Å². The first kappa shape index (κ1) is 14.4. The summed E-state index contributed by atoms with van der Waals surface area (Å²) in [5, 5.41) is 6.24. The minimum absolute atomic E-state index is 0.180. The lowest BCUT2D eigenvalue weighted by Gasteiger charge is -2.21. The zero-order chi connectivity index (χ0) is 13.5. The van der Waals surface area contributed by atoms with Crippen LogP contribution in [0, 0.1) is 0 Å². The number of hydrogen-bond acceptors (Lipinski definition) is 4. The maximum atomic E-state index is 11.8. The molecule has 1 saturated heterocycles. The van der Waals surface area contributed by atoms with E-state index in [9.17, 15) is 4.79 Å². The standard InChI is InChI=1S/C13H18N2O2S2/c1-17-12-5-3-2-4-11(12)15-13(16)14-8-10-9-18-6-7-19-10/h2-5,10H,6-9H2,1H3,(H2,14,15,16)/t10-/m0/s1. The third-order valence-corrected chi connectivity index (χ3v) is 5.58. The number of carbonyl (C=O) groups excluding carboxylic acids is 1. The third kappa shape index (κ3) is 4.54. The van der Waals surface area contributed by atoms with Crippen molar-refractivity contribution in [3.8, 4) is 5.75 Å². The molecule has 0 saturated carbocycles. The highest BCUT2D eigenvalue weighted by Crippen LogP contribution is 2.24. The average molecular weight is 298 g/mol. The van der Waals surface area contributed by atoms with Crippen molar-refractivity contribution in [2.24, 2.45) is 0 Å². The van der Waals surface area contributed by atoms with Crippen LogP contribution in [0.1, 0.15) is 0 Å². The number of carbonyl (C=O) groups is 1. The lowest BCUT2D eigenvalue weighted by Crippen LogP contribution is -2.36. The molecule has 2 amide bonds. The Morgan fingerprint density at radius 3 is 3.00 bits per heavy atom. The largest absolute Gasteiger partial charge is 0.495 e. The molecule has 2 N–H and O–H groups in total. The second-order valence-corrected chi connectivity index (χ2v) is 6.66. The second kappa shape index (κ2) is 7.55. The Morgan fingerprint density at radius 1 is 1.42 bits per heavy atom. The molecule has 0 radical (unpaired) electrons. The molecule has 0 spiro atoms. The molecule has 2 rings (SSSR count). The molecule has 19 heavy (non-hydrogen) atoms. The van der Waals surface area contributed by atoms with Crippen LogP contribution in [0.5, 0.6) is 5.75 Å². The van der Waals surface area contributed by atoms with Gasteiger partial charge in [0.25, 0.3) is 0 Å². The highest BCUT2D eigenvalue weighted by atomic mass is 32.2. The van der Waals surface area contributed by atoms with E-state index in [1.807, 2.05) is 47.8 Å². The van der Waals surface area contributed by atoms with Gasteiger partial charge in [0.15, 0.2) is 0 Å². The van der Waals surface area contributed by atoms with Gasteiger partial charge in [0.2, 0.25) is 0 Å². The van der Waals surface area contributed by atoms with Crippen molar-refractivity contribution in [3.63, 3.8) is 0 Å². The Hall–Kier alpha value is -1.01. The normalized spacial score (nSPS) is 18.7. The van der Waals surface area contributed by atoms with E-state index in [0.717, 1.165) is 5.75 Å². The molecule has 1 aliphatic heterocycles. The van der Waals surface area contributed by atoms with Crippen molar-refractivity contribution in [2.45, 2.75) is 5.25 Å². The maximum absolute atomic E-state index is 11.8. The first-order valence-electron chi connectivity index (χ1n) is 6.17. The minimum Gasteiger partial charge on any atom is -0.495 e. The summed E-state index contributed by atoms with van der Waals surface area (Å²) in [5.41, 5.74) is 0.688. The van der Waals surface area contributed by atoms with Crippen LogP contribution in [0.3, 0.4) is 0 Å². The number of benzene rings is 1. The fraction of sp³-hybridized carbons (Fsp3) is 0.462. The van der Waals surface area contributed by atoms with Gasteiger partial charge in [0.1, 0.15) is 5.75 Å². The smallest absolute Gasteiger partial charge is 0.319 e. The first-order valence-corrected chi connectivity index (χ1v) is 8.37. The van der Waals surface area contributed by atoms with Crippen LogP contribution in [0.15, 0.2) is 24.3 Å². The van der Waals surface area contributed by atoms with Gasteiger partial charge in [-0.1, -0.05) is 12.1 Å². The number of para-hydroxylation sites is 2. The van der Waals surface area contributed by atoms with Crippen molar-refractivity contribution in [2.75, 3.05) is 36.2 Å². The van der Waals surface area contributed by atoms with Crippen molar-refractivity contribution >= 4 is 35.2 Å². The summed E-state index contributed by atoms with van der Waals surface area (Å²) in [7, 11) is 1.59. The molecular weight excluding hydrogens is 280 g/mol. The summed E-state index contributed by atoms with van der Waals surface area (Å²) in [5.74, 6) is 4.17. The van der Waals surface area contributed by atoms with Gasteiger partial charge in [0.05, 0.1) is 12.8 Å². The van der Waals surface area contributed by atoms with E-state index in [0.29, 0.717) is 23.2 Å². The van der Waals surface area contributed by atoms with Crippen LogP contribution in [-0.2, 0) is 0 Å². The summed E-state index contributed by atoms with van der Waals surface area (Å²) >= 11 is 3.88. The molecule has 4 nitrogen and oxygen atoms in total. The number of nitrogens with one attached hydrogen (secondary N) is 2. The monoisotopic (exact) mass is 298 g/mol. The van der Waals surface area contributed by atoms with Gasteiger partial charge in [-0.3, -0.25) is 0 Å². The van der Waals surface area contributed by atoms with Crippen LogP contribution in [0.2, 0.25) is 0 Å². The second-order valence-electron chi connectivity index (χ2n) is 4.10. The van der Waals surface area contributed by atoms with E-state index < -0.39 is 0 Å². The summed E-state index contributed by atoms with van der Waals surface area (Å²) in [6.07, 6.45) is 0. The van der Waals surface area contributed by atoms with Gasteiger partial charge in [-0.25, -0.2) is 4.79 Å². The van der Waals surface area contributed by atoms with Crippen LogP contribution in [0.4, 0.5) is 10.5 Å². The topological polar surface area (TPSA) is 50.4 Å². The molecule has 104 valence electrons. The number of urea groups is 1. The van der Waals surface area contributed by atoms with Crippen molar-refractivity contribution in [3.05, 3.63) is 24.3 Å². The lowest BCUT2D eigenvalue weighted by atomic mass is 10.3. The molecular formula is C13H18N2O2S2. The Labute approximate surface area is 122 Å². The molecule has 0 bridgehead atoms. The number of methoxy groups -OCH3 is 1. The molecule has 1 aromatic carbocycles.